The molecule has 0 nitrogen and oxygen atoms in total. The highest BCUT2D eigenvalue weighted by molar-refractivity contribution is 5.97. The first kappa shape index (κ1) is 22.6. The van der Waals surface area contributed by atoms with E-state index >= 15 is 0 Å². The lowest BCUT2D eigenvalue weighted by Gasteiger charge is -2.49. The zero-order chi connectivity index (χ0) is 26.2. The minimum Gasteiger partial charge on any atom is -0.0822 e. The molecule has 3 aliphatic carbocycles. The van der Waals surface area contributed by atoms with E-state index < -0.39 is 0 Å². The van der Waals surface area contributed by atoms with Crippen molar-refractivity contribution in [3.63, 3.8) is 0 Å². The summed E-state index contributed by atoms with van der Waals surface area (Å²) in [5.41, 5.74) is 15.9. The van der Waals surface area contributed by atoms with Crippen molar-refractivity contribution in [1.29, 1.82) is 0 Å². The van der Waals surface area contributed by atoms with Gasteiger partial charge < -0.3 is 0 Å². The molecule has 0 heterocycles. The number of allylic oxidation sites excluding steroid dienone is 4. The predicted octanol–water partition coefficient (Wildman–Crippen LogP) is 9.45. The third kappa shape index (κ3) is 2.51. The minimum atomic E-state index is -0.364. The number of benzene rings is 5. The van der Waals surface area contributed by atoms with E-state index in [1.54, 1.807) is 0 Å². The van der Waals surface area contributed by atoms with Gasteiger partial charge in [-0.05, 0) is 80.1 Å². The van der Waals surface area contributed by atoms with E-state index in [0.717, 1.165) is 6.42 Å². The van der Waals surface area contributed by atoms with Crippen LogP contribution in [0.25, 0.3) is 16.7 Å². The van der Waals surface area contributed by atoms with Gasteiger partial charge in [-0.15, -0.1) is 0 Å². The molecule has 0 saturated carbocycles. The molecule has 0 amide bonds. The van der Waals surface area contributed by atoms with Crippen LogP contribution in [0.15, 0.2) is 139 Å². The molecule has 0 saturated heterocycles. The molecule has 0 aliphatic heterocycles. The number of hydrogen-bond acceptors (Lipinski definition) is 0. The van der Waals surface area contributed by atoms with Crippen LogP contribution in [0.5, 0.6) is 0 Å². The van der Waals surface area contributed by atoms with Gasteiger partial charge in [-0.1, -0.05) is 140 Å². The summed E-state index contributed by atoms with van der Waals surface area (Å²) in [6.07, 6.45) is 5.81. The molecule has 0 heteroatoms. The van der Waals surface area contributed by atoms with Crippen LogP contribution < -0.4 is 0 Å². The maximum absolute atomic E-state index is 2.43. The summed E-state index contributed by atoms with van der Waals surface area (Å²) in [7, 11) is 0. The summed E-state index contributed by atoms with van der Waals surface area (Å²) in [5, 5.41) is 0. The van der Waals surface area contributed by atoms with Gasteiger partial charge in [-0.2, -0.15) is 0 Å². The second-order valence-electron chi connectivity index (χ2n) is 11.0. The van der Waals surface area contributed by atoms with Crippen molar-refractivity contribution in [3.05, 3.63) is 184 Å². The van der Waals surface area contributed by atoms with Crippen LogP contribution in [-0.4, -0.2) is 0 Å². The molecular formula is C39H30. The Bertz CT molecular complexity index is 1770. The van der Waals surface area contributed by atoms with Crippen molar-refractivity contribution in [2.24, 2.45) is 0 Å². The predicted molar refractivity (Wildman–Crippen MR) is 162 cm³/mol. The quantitative estimate of drug-likeness (QED) is 0.212. The fourth-order valence-electron chi connectivity index (χ4n) is 8.29. The second kappa shape index (κ2) is 8.04. The smallest absolute Gasteiger partial charge is 0.0720 e. The Kier molecular flexibility index (Phi) is 4.65. The molecule has 39 heavy (non-hydrogen) atoms. The highest BCUT2D eigenvalue weighted by Crippen LogP contribution is 2.67. The van der Waals surface area contributed by atoms with Crippen molar-refractivity contribution in [3.8, 4) is 11.1 Å². The van der Waals surface area contributed by atoms with E-state index in [1.807, 2.05) is 0 Å². The first-order valence-electron chi connectivity index (χ1n) is 14.2. The summed E-state index contributed by atoms with van der Waals surface area (Å²) < 4.78 is 0. The van der Waals surface area contributed by atoms with Gasteiger partial charge in [0.2, 0.25) is 0 Å². The van der Waals surface area contributed by atoms with Crippen LogP contribution >= 0.6 is 0 Å². The second-order valence-corrected chi connectivity index (χ2v) is 11.0. The van der Waals surface area contributed by atoms with E-state index in [0.29, 0.717) is 0 Å². The van der Waals surface area contributed by atoms with Crippen LogP contribution in [0.3, 0.4) is 0 Å². The average molecular weight is 499 g/mol. The fourth-order valence-corrected chi connectivity index (χ4v) is 8.29. The standard InChI is InChI=1S/C39H30/c1-3-15-26-27-16-5-8-19-31(27)38(30(26)4-2)34-22-11-13-24-36(34)39(37-25-14-12-23-35(37)38)32-20-9-6-17-28(32)29-18-7-10-21-33(29)39/h4-25H,3H2,1-2H3/b26-15-,30-4+. The minimum absolute atomic E-state index is 0.364. The summed E-state index contributed by atoms with van der Waals surface area (Å²) in [6.45, 7) is 4.47. The molecule has 3 aliphatic rings. The van der Waals surface area contributed by atoms with Crippen LogP contribution in [-0.2, 0) is 10.8 Å². The van der Waals surface area contributed by atoms with Crippen LogP contribution in [0.4, 0.5) is 0 Å². The third-order valence-electron chi connectivity index (χ3n) is 9.43. The summed E-state index contributed by atoms with van der Waals surface area (Å²) in [4.78, 5) is 0. The maximum Gasteiger partial charge on any atom is 0.0720 e. The van der Waals surface area contributed by atoms with Gasteiger partial charge in [-0.3, -0.25) is 0 Å². The molecular weight excluding hydrogens is 468 g/mol. The van der Waals surface area contributed by atoms with Gasteiger partial charge >= 0.3 is 0 Å². The lowest BCUT2D eigenvalue weighted by molar-refractivity contribution is 0.632. The molecule has 0 fully saturated rings. The molecule has 5 aromatic carbocycles. The number of rotatable bonds is 1. The lowest BCUT2D eigenvalue weighted by atomic mass is 9.52. The monoisotopic (exact) mass is 498 g/mol. The molecule has 0 bridgehead atoms. The van der Waals surface area contributed by atoms with Gasteiger partial charge in [-0.25, -0.2) is 0 Å². The molecule has 0 radical (unpaired) electrons. The Balaban J connectivity index is 1.61. The molecule has 0 unspecified atom stereocenters. The normalized spacial score (nSPS) is 18.6. The number of fused-ring (bicyclic) bond motifs is 13. The van der Waals surface area contributed by atoms with E-state index in [2.05, 4.69) is 147 Å². The SMILES string of the molecule is C/C=C1\C(=C/CC)c2ccccc2C12c1ccccc1C1(c3ccccc3-c3ccccc31)c1ccccc12. The third-order valence-corrected chi connectivity index (χ3v) is 9.43. The van der Waals surface area contributed by atoms with Crippen LogP contribution in [0, 0.1) is 0 Å². The molecule has 0 N–H and O–H groups in total. The van der Waals surface area contributed by atoms with Gasteiger partial charge in [0.1, 0.15) is 0 Å². The highest BCUT2D eigenvalue weighted by atomic mass is 14.6. The summed E-state index contributed by atoms with van der Waals surface area (Å²) in [6, 6.07) is 45.8. The summed E-state index contributed by atoms with van der Waals surface area (Å²) in [5.74, 6) is 0. The zero-order valence-corrected chi connectivity index (χ0v) is 22.4. The Morgan fingerprint density at radius 3 is 1.26 bits per heavy atom. The Morgan fingerprint density at radius 1 is 0.462 bits per heavy atom. The Hall–Kier alpha value is -4.42. The Labute approximate surface area is 231 Å². The zero-order valence-electron chi connectivity index (χ0n) is 22.4. The van der Waals surface area contributed by atoms with Crippen LogP contribution in [0.1, 0.15) is 64.8 Å². The van der Waals surface area contributed by atoms with E-state index in [-0.39, 0.29) is 10.8 Å². The number of hydrogen-bond donors (Lipinski definition) is 0. The average Bonchev–Trinajstić information content (AvgIpc) is 3.45. The van der Waals surface area contributed by atoms with Gasteiger partial charge in [0, 0.05) is 0 Å². The lowest BCUT2D eigenvalue weighted by Crippen LogP contribution is -2.43. The van der Waals surface area contributed by atoms with Crippen molar-refractivity contribution >= 4 is 5.57 Å². The van der Waals surface area contributed by atoms with E-state index in [9.17, 15) is 0 Å². The van der Waals surface area contributed by atoms with Crippen molar-refractivity contribution < 1.29 is 0 Å². The largest absolute Gasteiger partial charge is 0.0822 e. The van der Waals surface area contributed by atoms with Gasteiger partial charge in [0.25, 0.3) is 0 Å². The topological polar surface area (TPSA) is 0 Å². The van der Waals surface area contributed by atoms with Crippen molar-refractivity contribution in [2.75, 3.05) is 0 Å². The fraction of sp³-hybridized carbons (Fsp3) is 0.128. The first-order valence-corrected chi connectivity index (χ1v) is 14.2. The van der Waals surface area contributed by atoms with Crippen LogP contribution in [0.2, 0.25) is 0 Å². The maximum atomic E-state index is 2.43. The molecule has 5 aromatic rings. The first-order chi connectivity index (χ1) is 19.3. The van der Waals surface area contributed by atoms with Crippen molar-refractivity contribution in [2.45, 2.75) is 31.1 Å². The molecule has 2 spiro atoms. The van der Waals surface area contributed by atoms with Gasteiger partial charge in [0.05, 0.1) is 10.8 Å². The van der Waals surface area contributed by atoms with Gasteiger partial charge in [0.15, 0.2) is 0 Å². The highest BCUT2D eigenvalue weighted by Gasteiger charge is 2.59. The Morgan fingerprint density at radius 2 is 0.821 bits per heavy atom. The summed E-state index contributed by atoms with van der Waals surface area (Å²) >= 11 is 0. The van der Waals surface area contributed by atoms with Crippen molar-refractivity contribution in [1.82, 2.24) is 0 Å². The van der Waals surface area contributed by atoms with E-state index in [1.165, 1.54) is 66.8 Å². The molecule has 0 atom stereocenters. The van der Waals surface area contributed by atoms with E-state index in [4.69, 9.17) is 0 Å². The molecule has 8 rings (SSSR count). The molecule has 186 valence electrons. The molecule has 0 aromatic heterocycles.